The van der Waals surface area contributed by atoms with Crippen molar-refractivity contribution in [2.24, 2.45) is 0 Å². The maximum Gasteiger partial charge on any atom is 0.303 e. The molecular weight excluding hydrogens is 376 g/mol. The lowest BCUT2D eigenvalue weighted by Gasteiger charge is -2.32. The first kappa shape index (κ1) is 25.2. The number of carbonyl (C=O) groups excluding carboxylic acids is 1. The van der Waals surface area contributed by atoms with E-state index in [9.17, 15) is 4.79 Å². The van der Waals surface area contributed by atoms with E-state index in [4.69, 9.17) is 14.2 Å². The van der Waals surface area contributed by atoms with E-state index in [0.717, 1.165) is 38.5 Å². The summed E-state index contributed by atoms with van der Waals surface area (Å²) in [5, 5.41) is 0. The summed E-state index contributed by atoms with van der Waals surface area (Å²) in [6.45, 7) is 4.17. The Morgan fingerprint density at radius 2 is 1.57 bits per heavy atom. The zero-order chi connectivity index (χ0) is 21.5. The molecule has 172 valence electrons. The second kappa shape index (κ2) is 14.9. The van der Waals surface area contributed by atoms with E-state index in [0.29, 0.717) is 6.61 Å². The van der Waals surface area contributed by atoms with Crippen LogP contribution in [0.4, 0.5) is 0 Å². The number of carbonyl (C=O) groups is 1. The van der Waals surface area contributed by atoms with Gasteiger partial charge in [0.2, 0.25) is 0 Å². The molecule has 4 heteroatoms. The van der Waals surface area contributed by atoms with Crippen LogP contribution in [0.25, 0.3) is 0 Å². The molecule has 2 fully saturated rings. The van der Waals surface area contributed by atoms with Gasteiger partial charge in [0.25, 0.3) is 0 Å². The quantitative estimate of drug-likeness (QED) is 0.189. The Morgan fingerprint density at radius 1 is 0.967 bits per heavy atom. The summed E-state index contributed by atoms with van der Waals surface area (Å²) in [5.74, 6) is 5.61. The van der Waals surface area contributed by atoms with Gasteiger partial charge in [-0.15, -0.1) is 0 Å². The molecule has 4 nitrogen and oxygen atoms in total. The molecule has 0 aromatic heterocycles. The highest BCUT2D eigenvalue weighted by atomic mass is 16.8. The van der Waals surface area contributed by atoms with Gasteiger partial charge >= 0.3 is 5.97 Å². The second-order valence-corrected chi connectivity index (χ2v) is 9.08. The van der Waals surface area contributed by atoms with Crippen LogP contribution in [-0.4, -0.2) is 30.6 Å². The summed E-state index contributed by atoms with van der Waals surface area (Å²) in [5.41, 5.74) is 0. The van der Waals surface area contributed by atoms with E-state index in [-0.39, 0.29) is 12.1 Å². The molecule has 1 saturated carbocycles. The summed E-state index contributed by atoms with van der Waals surface area (Å²) in [6, 6.07) is 0. The summed E-state index contributed by atoms with van der Waals surface area (Å²) < 4.78 is 17.7. The largest absolute Gasteiger partial charge is 0.446 e. The zero-order valence-electron chi connectivity index (χ0n) is 19.5. The Bertz CT molecular complexity index is 527. The first-order chi connectivity index (χ1) is 14.7. The van der Waals surface area contributed by atoms with E-state index in [1.54, 1.807) is 0 Å². The van der Waals surface area contributed by atoms with E-state index in [1.165, 1.54) is 77.6 Å². The lowest BCUT2D eigenvalue weighted by molar-refractivity contribution is -0.196. The Kier molecular flexibility index (Phi) is 12.5. The van der Waals surface area contributed by atoms with Crippen LogP contribution in [-0.2, 0) is 19.0 Å². The molecule has 2 atom stereocenters. The van der Waals surface area contributed by atoms with Crippen molar-refractivity contribution >= 4 is 5.97 Å². The Labute approximate surface area is 184 Å². The summed E-state index contributed by atoms with van der Waals surface area (Å²) in [6.07, 6.45) is 20.1. The minimum atomic E-state index is -0.517. The van der Waals surface area contributed by atoms with Crippen molar-refractivity contribution < 1.29 is 19.0 Å². The number of hydrogen-bond acceptors (Lipinski definition) is 4. The maximum atomic E-state index is 11.5. The van der Waals surface area contributed by atoms with Gasteiger partial charge in [-0.3, -0.25) is 4.79 Å². The fraction of sp³-hybridized carbons (Fsp3) is 0.885. The average molecular weight is 421 g/mol. The molecule has 1 saturated heterocycles. The third-order valence-corrected chi connectivity index (χ3v) is 6.27. The van der Waals surface area contributed by atoms with Crippen LogP contribution >= 0.6 is 0 Å². The molecule has 0 aromatic carbocycles. The van der Waals surface area contributed by atoms with Crippen LogP contribution in [0.3, 0.4) is 0 Å². The Balaban J connectivity index is 1.59. The summed E-state index contributed by atoms with van der Waals surface area (Å²) in [4.78, 5) is 11.5. The number of ether oxygens (including phenoxy) is 3. The highest BCUT2D eigenvalue weighted by Crippen LogP contribution is 2.38. The van der Waals surface area contributed by atoms with Crippen LogP contribution in [0.1, 0.15) is 123 Å². The van der Waals surface area contributed by atoms with Gasteiger partial charge in [0.1, 0.15) is 6.10 Å². The molecule has 0 radical (unpaired) electrons. The smallest absolute Gasteiger partial charge is 0.303 e. The summed E-state index contributed by atoms with van der Waals surface area (Å²) >= 11 is 0. The van der Waals surface area contributed by atoms with Gasteiger partial charge in [0.05, 0.1) is 6.61 Å². The van der Waals surface area contributed by atoms with Crippen LogP contribution < -0.4 is 0 Å². The van der Waals surface area contributed by atoms with Gasteiger partial charge in [0, 0.05) is 26.2 Å². The van der Waals surface area contributed by atoms with E-state index >= 15 is 0 Å². The summed E-state index contributed by atoms with van der Waals surface area (Å²) in [7, 11) is 0. The third kappa shape index (κ3) is 9.84. The molecule has 1 aliphatic carbocycles. The van der Waals surface area contributed by atoms with Crippen molar-refractivity contribution in [1.82, 2.24) is 0 Å². The van der Waals surface area contributed by atoms with Crippen LogP contribution in [0.15, 0.2) is 0 Å². The molecule has 30 heavy (non-hydrogen) atoms. The monoisotopic (exact) mass is 420 g/mol. The lowest BCUT2D eigenvalue weighted by atomic mass is 9.94. The first-order valence-corrected chi connectivity index (χ1v) is 12.6. The lowest BCUT2D eigenvalue weighted by Crippen LogP contribution is -2.37. The SMILES string of the molecule is CCCCCCCCCCCCCC#C[C@H](OC(C)=O)[C@H]1COC2(CCCCC2)O1. The van der Waals surface area contributed by atoms with Crippen molar-refractivity contribution in [3.8, 4) is 11.8 Å². The van der Waals surface area contributed by atoms with Gasteiger partial charge in [0.15, 0.2) is 11.9 Å². The molecule has 0 bridgehead atoms. The highest BCUT2D eigenvalue weighted by molar-refractivity contribution is 5.66. The molecule has 1 aliphatic heterocycles. The number of hydrogen-bond donors (Lipinski definition) is 0. The van der Waals surface area contributed by atoms with Crippen molar-refractivity contribution in [2.75, 3.05) is 6.61 Å². The fourth-order valence-electron chi connectivity index (χ4n) is 4.51. The molecule has 1 heterocycles. The minimum Gasteiger partial charge on any atom is -0.446 e. The van der Waals surface area contributed by atoms with E-state index in [1.807, 2.05) is 0 Å². The normalized spacial score (nSPS) is 21.2. The number of esters is 1. The van der Waals surface area contributed by atoms with Crippen molar-refractivity contribution in [3.63, 3.8) is 0 Å². The minimum absolute atomic E-state index is 0.267. The standard InChI is InChI=1S/C26H44O4/c1-3-4-5-6-7-8-9-10-11-12-13-14-16-19-24(29-23(2)27)25-22-28-26(30-25)20-17-15-18-21-26/h24-25H,3-15,17-18,20-22H2,1-2H3/t24-,25+/m0/s1. The van der Waals surface area contributed by atoms with Crippen LogP contribution in [0.2, 0.25) is 0 Å². The first-order valence-electron chi connectivity index (χ1n) is 12.6. The topological polar surface area (TPSA) is 44.8 Å². The molecular formula is C26H44O4. The molecule has 0 N–H and O–H groups in total. The highest BCUT2D eigenvalue weighted by Gasteiger charge is 2.45. The third-order valence-electron chi connectivity index (χ3n) is 6.27. The zero-order valence-corrected chi connectivity index (χ0v) is 19.5. The van der Waals surface area contributed by atoms with Crippen LogP contribution in [0, 0.1) is 11.8 Å². The van der Waals surface area contributed by atoms with E-state index < -0.39 is 11.9 Å². The number of rotatable bonds is 13. The van der Waals surface area contributed by atoms with Crippen molar-refractivity contribution in [2.45, 2.75) is 141 Å². The second-order valence-electron chi connectivity index (χ2n) is 9.08. The van der Waals surface area contributed by atoms with Gasteiger partial charge in [-0.2, -0.15) is 0 Å². The molecule has 1 spiro atoms. The van der Waals surface area contributed by atoms with Crippen molar-refractivity contribution in [1.29, 1.82) is 0 Å². The van der Waals surface area contributed by atoms with Gasteiger partial charge < -0.3 is 14.2 Å². The molecule has 0 amide bonds. The fourth-order valence-corrected chi connectivity index (χ4v) is 4.51. The Hall–Kier alpha value is -1.05. The maximum absolute atomic E-state index is 11.5. The Morgan fingerprint density at radius 3 is 2.17 bits per heavy atom. The predicted octanol–water partition coefficient (Wildman–Crippen LogP) is 6.70. The number of unbranched alkanes of at least 4 members (excludes halogenated alkanes) is 11. The van der Waals surface area contributed by atoms with Gasteiger partial charge in [-0.05, 0) is 19.3 Å². The average Bonchev–Trinajstić information content (AvgIpc) is 3.14. The van der Waals surface area contributed by atoms with Gasteiger partial charge in [-0.25, -0.2) is 0 Å². The van der Waals surface area contributed by atoms with E-state index in [2.05, 4.69) is 18.8 Å². The molecule has 2 rings (SSSR count). The van der Waals surface area contributed by atoms with Crippen molar-refractivity contribution in [3.05, 3.63) is 0 Å². The molecule has 0 unspecified atom stereocenters. The molecule has 2 aliphatic rings. The predicted molar refractivity (Wildman–Crippen MR) is 121 cm³/mol. The van der Waals surface area contributed by atoms with Crippen LogP contribution in [0.5, 0.6) is 0 Å². The van der Waals surface area contributed by atoms with Gasteiger partial charge in [-0.1, -0.05) is 89.4 Å². The molecule has 0 aromatic rings.